The molecule has 0 saturated heterocycles. The van der Waals surface area contributed by atoms with Gasteiger partial charge in [-0.05, 0) is 55.8 Å². The lowest BCUT2D eigenvalue weighted by atomic mass is 10.2. The molecule has 0 radical (unpaired) electrons. The molecule has 0 atom stereocenters. The molecule has 33 heavy (non-hydrogen) atoms. The molecular formula is C23H26N2O6S2. The molecule has 8 nitrogen and oxygen atoms in total. The monoisotopic (exact) mass is 490 g/mol. The van der Waals surface area contributed by atoms with Crippen LogP contribution in [-0.2, 0) is 32.2 Å². The summed E-state index contributed by atoms with van der Waals surface area (Å²) in [5.74, 6) is -0.709. The molecule has 3 rings (SSSR count). The lowest BCUT2D eigenvalue weighted by molar-refractivity contribution is 0.0921. The number of carbonyl (C=O) groups is 1. The van der Waals surface area contributed by atoms with Crippen molar-refractivity contribution in [3.8, 4) is 0 Å². The smallest absolute Gasteiger partial charge is 0.287 e. The van der Waals surface area contributed by atoms with Gasteiger partial charge in [0.15, 0.2) is 15.6 Å². The van der Waals surface area contributed by atoms with E-state index in [2.05, 4.69) is 5.32 Å². The third kappa shape index (κ3) is 5.89. The van der Waals surface area contributed by atoms with Gasteiger partial charge >= 0.3 is 0 Å². The summed E-state index contributed by atoms with van der Waals surface area (Å²) in [6.45, 7) is 3.73. The first-order valence-corrected chi connectivity index (χ1v) is 13.3. The van der Waals surface area contributed by atoms with Gasteiger partial charge in [-0.25, -0.2) is 16.8 Å². The molecule has 0 bridgehead atoms. The first kappa shape index (κ1) is 24.7. The number of furan rings is 1. The molecule has 0 aliphatic rings. The topological polar surface area (TPSA) is 114 Å². The van der Waals surface area contributed by atoms with Gasteiger partial charge in [-0.2, -0.15) is 4.31 Å². The van der Waals surface area contributed by atoms with Gasteiger partial charge in [0, 0.05) is 19.6 Å². The van der Waals surface area contributed by atoms with Crippen LogP contribution in [0.2, 0.25) is 0 Å². The highest BCUT2D eigenvalue weighted by atomic mass is 32.2. The van der Waals surface area contributed by atoms with Crippen molar-refractivity contribution in [1.82, 2.24) is 9.62 Å². The van der Waals surface area contributed by atoms with Gasteiger partial charge in [0.2, 0.25) is 10.0 Å². The summed E-state index contributed by atoms with van der Waals surface area (Å²) in [5.41, 5.74) is 0.702. The van der Waals surface area contributed by atoms with Gasteiger partial charge in [-0.1, -0.05) is 30.3 Å². The van der Waals surface area contributed by atoms with Gasteiger partial charge < -0.3 is 9.73 Å². The Kier molecular flexibility index (Phi) is 7.41. The number of hydrogen-bond donors (Lipinski definition) is 1. The van der Waals surface area contributed by atoms with Crippen molar-refractivity contribution in [1.29, 1.82) is 0 Å². The fourth-order valence-electron chi connectivity index (χ4n) is 2.97. The summed E-state index contributed by atoms with van der Waals surface area (Å²) in [5, 5.41) is 2.68. The van der Waals surface area contributed by atoms with Crippen LogP contribution in [0.3, 0.4) is 0 Å². The molecule has 1 N–H and O–H groups in total. The minimum Gasteiger partial charge on any atom is -0.455 e. The predicted octanol–water partition coefficient (Wildman–Crippen LogP) is 3.21. The maximum absolute atomic E-state index is 12.5. The SMILES string of the molecule is CC(C)N(C)S(=O)(=O)c1ccc(CNC(=O)c2ccc(CS(=O)(=O)c3ccccc3)o2)cc1. The van der Waals surface area contributed by atoms with E-state index in [0.29, 0.717) is 5.56 Å². The fraction of sp³-hybridized carbons (Fsp3) is 0.261. The molecule has 0 aliphatic heterocycles. The highest BCUT2D eigenvalue weighted by Crippen LogP contribution is 2.19. The van der Waals surface area contributed by atoms with E-state index in [9.17, 15) is 21.6 Å². The van der Waals surface area contributed by atoms with Gasteiger partial charge in [-0.15, -0.1) is 0 Å². The quantitative estimate of drug-likeness (QED) is 0.493. The summed E-state index contributed by atoms with van der Waals surface area (Å²) in [6.07, 6.45) is 0. The lowest BCUT2D eigenvalue weighted by Crippen LogP contribution is -2.33. The second-order valence-electron chi connectivity index (χ2n) is 7.78. The van der Waals surface area contributed by atoms with Gasteiger partial charge in [0.05, 0.1) is 9.79 Å². The second-order valence-corrected chi connectivity index (χ2v) is 11.8. The Labute approximate surface area is 194 Å². The van der Waals surface area contributed by atoms with Crippen LogP contribution in [0.15, 0.2) is 80.9 Å². The summed E-state index contributed by atoms with van der Waals surface area (Å²) < 4.78 is 56.7. The van der Waals surface area contributed by atoms with Gasteiger partial charge in [0.1, 0.15) is 11.5 Å². The molecular weight excluding hydrogens is 464 g/mol. The highest BCUT2D eigenvalue weighted by Gasteiger charge is 2.23. The zero-order valence-electron chi connectivity index (χ0n) is 18.6. The molecule has 0 saturated carbocycles. The van der Waals surface area contributed by atoms with E-state index < -0.39 is 25.8 Å². The maximum Gasteiger partial charge on any atom is 0.287 e. The Bertz CT molecular complexity index is 1310. The molecule has 1 aromatic heterocycles. The first-order valence-electron chi connectivity index (χ1n) is 10.2. The standard InChI is InChI=1S/C23H26N2O6S2/c1-17(2)25(3)33(29,30)21-12-9-18(10-13-21)15-24-23(26)22-14-11-19(31-22)16-32(27,28)20-7-5-4-6-8-20/h4-14,17H,15-16H2,1-3H3,(H,24,26). The Hall–Kier alpha value is -2.95. The summed E-state index contributed by atoms with van der Waals surface area (Å²) in [7, 11) is -5.64. The third-order valence-corrected chi connectivity index (χ3v) is 8.80. The number of nitrogens with one attached hydrogen (secondary N) is 1. The number of sulfonamides is 1. The lowest BCUT2D eigenvalue weighted by Gasteiger charge is -2.21. The molecule has 0 unspecified atom stereocenters. The molecule has 1 heterocycles. The van der Waals surface area contributed by atoms with Crippen LogP contribution < -0.4 is 5.32 Å². The molecule has 0 aliphatic carbocycles. The fourth-order valence-corrected chi connectivity index (χ4v) is 5.60. The molecule has 176 valence electrons. The Balaban J connectivity index is 1.61. The minimum absolute atomic E-state index is 0.00832. The van der Waals surface area contributed by atoms with Crippen molar-refractivity contribution >= 4 is 25.8 Å². The zero-order chi connectivity index (χ0) is 24.2. The van der Waals surface area contributed by atoms with Crippen molar-refractivity contribution in [2.45, 2.75) is 42.0 Å². The highest BCUT2D eigenvalue weighted by molar-refractivity contribution is 7.90. The minimum atomic E-state index is -3.59. The van der Waals surface area contributed by atoms with E-state index in [1.807, 2.05) is 0 Å². The zero-order valence-corrected chi connectivity index (χ0v) is 20.2. The molecule has 1 amide bonds. The van der Waals surface area contributed by atoms with Crippen LogP contribution in [0.4, 0.5) is 0 Å². The van der Waals surface area contributed by atoms with E-state index in [-0.39, 0.29) is 39.7 Å². The van der Waals surface area contributed by atoms with Crippen molar-refractivity contribution in [2.75, 3.05) is 7.05 Å². The number of sulfone groups is 1. The summed E-state index contributed by atoms with van der Waals surface area (Å²) in [4.78, 5) is 12.7. The van der Waals surface area contributed by atoms with Crippen molar-refractivity contribution < 1.29 is 26.0 Å². The van der Waals surface area contributed by atoms with E-state index in [1.165, 1.54) is 47.8 Å². The van der Waals surface area contributed by atoms with Gasteiger partial charge in [0.25, 0.3) is 5.91 Å². The second kappa shape index (κ2) is 9.90. The van der Waals surface area contributed by atoms with Gasteiger partial charge in [-0.3, -0.25) is 4.79 Å². The molecule has 0 spiro atoms. The van der Waals surface area contributed by atoms with E-state index >= 15 is 0 Å². The third-order valence-electron chi connectivity index (χ3n) is 5.10. The summed E-state index contributed by atoms with van der Waals surface area (Å²) in [6, 6.07) is 17.0. The van der Waals surface area contributed by atoms with Crippen LogP contribution in [0.25, 0.3) is 0 Å². The van der Waals surface area contributed by atoms with E-state index in [1.54, 1.807) is 44.2 Å². The van der Waals surface area contributed by atoms with Crippen molar-refractivity contribution in [3.05, 3.63) is 83.8 Å². The maximum atomic E-state index is 12.5. The molecule has 3 aromatic rings. The Morgan fingerprint density at radius 2 is 1.55 bits per heavy atom. The Morgan fingerprint density at radius 1 is 0.909 bits per heavy atom. The van der Waals surface area contributed by atoms with Crippen LogP contribution in [0.1, 0.15) is 35.7 Å². The number of benzene rings is 2. The first-order chi connectivity index (χ1) is 15.5. The molecule has 0 fully saturated rings. The van der Waals surface area contributed by atoms with Crippen LogP contribution in [0.5, 0.6) is 0 Å². The van der Waals surface area contributed by atoms with Crippen LogP contribution in [0, 0.1) is 0 Å². The average molecular weight is 491 g/mol. The predicted molar refractivity (Wildman–Crippen MR) is 124 cm³/mol. The van der Waals surface area contributed by atoms with Crippen molar-refractivity contribution in [2.24, 2.45) is 0 Å². The Morgan fingerprint density at radius 3 is 2.15 bits per heavy atom. The molecule has 2 aromatic carbocycles. The normalized spacial score (nSPS) is 12.3. The number of hydrogen-bond acceptors (Lipinski definition) is 6. The summed E-state index contributed by atoms with van der Waals surface area (Å²) >= 11 is 0. The van der Waals surface area contributed by atoms with E-state index in [0.717, 1.165) is 0 Å². The number of amides is 1. The van der Waals surface area contributed by atoms with E-state index in [4.69, 9.17) is 4.42 Å². The number of carbonyl (C=O) groups excluding carboxylic acids is 1. The number of nitrogens with zero attached hydrogens (tertiary/aromatic N) is 1. The van der Waals surface area contributed by atoms with Crippen molar-refractivity contribution in [3.63, 3.8) is 0 Å². The van der Waals surface area contributed by atoms with Crippen LogP contribution >= 0.6 is 0 Å². The average Bonchev–Trinajstić information content (AvgIpc) is 3.25. The largest absolute Gasteiger partial charge is 0.455 e. The molecule has 10 heteroatoms. The number of rotatable bonds is 9. The van der Waals surface area contributed by atoms with Crippen LogP contribution in [-0.4, -0.2) is 40.1 Å².